The van der Waals surface area contributed by atoms with Crippen LogP contribution in [0, 0.1) is 0 Å². The number of thiophene rings is 1. The standard InChI is InChI=1S/C15H17ClN2O3S/c1-21-14-7-6-13(22-14)8-12(9-19)18-15(20)17-11-4-2-10(16)3-5-11/h2-7,12,19H,8-9H2,1H3,(H2,17,18,20). The molecular weight excluding hydrogens is 324 g/mol. The summed E-state index contributed by atoms with van der Waals surface area (Å²) in [6.45, 7) is -0.145. The molecule has 118 valence electrons. The predicted molar refractivity (Wildman–Crippen MR) is 89.1 cm³/mol. The first-order valence-electron chi connectivity index (χ1n) is 6.67. The Balaban J connectivity index is 1.88. The number of urea groups is 1. The van der Waals surface area contributed by atoms with Gasteiger partial charge in [0.2, 0.25) is 0 Å². The van der Waals surface area contributed by atoms with Gasteiger partial charge in [0.25, 0.3) is 0 Å². The van der Waals surface area contributed by atoms with Gasteiger partial charge in [-0.3, -0.25) is 0 Å². The SMILES string of the molecule is COc1ccc(CC(CO)NC(=O)Nc2ccc(Cl)cc2)s1. The van der Waals surface area contributed by atoms with Gasteiger partial charge in [-0.2, -0.15) is 0 Å². The molecule has 0 aliphatic carbocycles. The molecule has 1 heterocycles. The molecule has 0 saturated carbocycles. The maximum atomic E-state index is 11.9. The summed E-state index contributed by atoms with van der Waals surface area (Å²) in [6.07, 6.45) is 0.540. The first kappa shape index (κ1) is 16.6. The third-order valence-corrected chi connectivity index (χ3v) is 4.26. The van der Waals surface area contributed by atoms with Gasteiger partial charge in [-0.15, -0.1) is 11.3 Å². The maximum Gasteiger partial charge on any atom is 0.319 e. The monoisotopic (exact) mass is 340 g/mol. The van der Waals surface area contributed by atoms with Crippen LogP contribution in [-0.2, 0) is 6.42 Å². The van der Waals surface area contributed by atoms with E-state index in [0.717, 1.165) is 9.94 Å². The van der Waals surface area contributed by atoms with Crippen LogP contribution in [0.3, 0.4) is 0 Å². The summed E-state index contributed by atoms with van der Waals surface area (Å²) < 4.78 is 5.13. The first-order valence-corrected chi connectivity index (χ1v) is 7.87. The van der Waals surface area contributed by atoms with E-state index in [4.69, 9.17) is 16.3 Å². The number of carbonyl (C=O) groups excluding carboxylic acids is 1. The highest BCUT2D eigenvalue weighted by Gasteiger charge is 2.13. The number of ether oxygens (including phenoxy) is 1. The van der Waals surface area contributed by atoms with Crippen LogP contribution in [0.15, 0.2) is 36.4 Å². The van der Waals surface area contributed by atoms with Crippen molar-refractivity contribution in [2.75, 3.05) is 19.0 Å². The van der Waals surface area contributed by atoms with Gasteiger partial charge in [-0.1, -0.05) is 11.6 Å². The quantitative estimate of drug-likeness (QED) is 0.756. The average Bonchev–Trinajstić information content (AvgIpc) is 2.96. The molecule has 1 unspecified atom stereocenters. The van der Waals surface area contributed by atoms with Crippen molar-refractivity contribution >= 4 is 34.7 Å². The van der Waals surface area contributed by atoms with Crippen LogP contribution in [0.5, 0.6) is 5.06 Å². The van der Waals surface area contributed by atoms with Crippen molar-refractivity contribution in [3.63, 3.8) is 0 Å². The van der Waals surface area contributed by atoms with Crippen LogP contribution in [0.25, 0.3) is 0 Å². The summed E-state index contributed by atoms with van der Waals surface area (Å²) in [5, 5.41) is 16.3. The summed E-state index contributed by atoms with van der Waals surface area (Å²) in [5.74, 6) is 0. The molecule has 0 spiro atoms. The highest BCUT2D eigenvalue weighted by molar-refractivity contribution is 7.13. The van der Waals surface area contributed by atoms with Crippen molar-refractivity contribution in [1.82, 2.24) is 5.32 Å². The fraction of sp³-hybridized carbons (Fsp3) is 0.267. The normalized spacial score (nSPS) is 11.8. The zero-order valence-electron chi connectivity index (χ0n) is 12.0. The van der Waals surface area contributed by atoms with Crippen molar-refractivity contribution in [1.29, 1.82) is 0 Å². The summed E-state index contributed by atoms with van der Waals surface area (Å²) in [4.78, 5) is 13.0. The van der Waals surface area contributed by atoms with Crippen molar-refractivity contribution in [2.24, 2.45) is 0 Å². The van der Waals surface area contributed by atoms with Crippen molar-refractivity contribution in [3.05, 3.63) is 46.3 Å². The molecule has 22 heavy (non-hydrogen) atoms. The number of halogens is 1. The Labute approximate surface area is 137 Å². The lowest BCUT2D eigenvalue weighted by molar-refractivity contribution is 0.224. The molecule has 0 saturated heterocycles. The van der Waals surface area contributed by atoms with Crippen LogP contribution in [-0.4, -0.2) is 30.9 Å². The van der Waals surface area contributed by atoms with Gasteiger partial charge in [0, 0.05) is 22.0 Å². The molecule has 0 radical (unpaired) electrons. The minimum absolute atomic E-state index is 0.145. The Bertz CT molecular complexity index is 616. The van der Waals surface area contributed by atoms with Crippen LogP contribution >= 0.6 is 22.9 Å². The second kappa shape index (κ2) is 8.03. The lowest BCUT2D eigenvalue weighted by Gasteiger charge is -2.16. The molecule has 0 fully saturated rings. The zero-order valence-corrected chi connectivity index (χ0v) is 13.6. The second-order valence-corrected chi connectivity index (χ2v) is 6.18. The van der Waals surface area contributed by atoms with Crippen molar-refractivity contribution in [2.45, 2.75) is 12.5 Å². The van der Waals surface area contributed by atoms with Gasteiger partial charge in [0.05, 0.1) is 19.8 Å². The molecule has 2 amide bonds. The Kier molecular flexibility index (Phi) is 6.06. The van der Waals surface area contributed by atoms with Gasteiger partial charge >= 0.3 is 6.03 Å². The fourth-order valence-electron chi connectivity index (χ4n) is 1.87. The molecule has 0 aliphatic rings. The smallest absolute Gasteiger partial charge is 0.319 e. The number of hydrogen-bond acceptors (Lipinski definition) is 4. The fourth-order valence-corrected chi connectivity index (χ4v) is 2.89. The van der Waals surface area contributed by atoms with E-state index in [-0.39, 0.29) is 18.7 Å². The molecule has 1 aromatic heterocycles. The Morgan fingerprint density at radius 3 is 2.64 bits per heavy atom. The summed E-state index contributed by atoms with van der Waals surface area (Å²) in [5.41, 5.74) is 0.636. The third-order valence-electron chi connectivity index (χ3n) is 2.94. The number of hydrogen-bond donors (Lipinski definition) is 3. The van der Waals surface area contributed by atoms with Crippen molar-refractivity contribution in [3.8, 4) is 5.06 Å². The van der Waals surface area contributed by atoms with Crippen molar-refractivity contribution < 1.29 is 14.6 Å². The minimum atomic E-state index is -0.370. The summed E-state index contributed by atoms with van der Waals surface area (Å²) in [7, 11) is 1.61. The largest absolute Gasteiger partial charge is 0.487 e. The average molecular weight is 341 g/mol. The van der Waals surface area contributed by atoms with Gasteiger partial charge in [0.1, 0.15) is 0 Å². The number of methoxy groups -OCH3 is 1. The Morgan fingerprint density at radius 2 is 2.05 bits per heavy atom. The van der Waals surface area contributed by atoms with E-state index in [1.807, 2.05) is 12.1 Å². The van der Waals surface area contributed by atoms with E-state index >= 15 is 0 Å². The van der Waals surface area contributed by atoms with Gasteiger partial charge in [0.15, 0.2) is 5.06 Å². The van der Waals surface area contributed by atoms with E-state index in [9.17, 15) is 9.90 Å². The lowest BCUT2D eigenvalue weighted by atomic mass is 10.2. The van der Waals surface area contributed by atoms with E-state index in [1.54, 1.807) is 31.4 Å². The number of rotatable bonds is 6. The first-order chi connectivity index (χ1) is 10.6. The zero-order chi connectivity index (χ0) is 15.9. The Hall–Kier alpha value is -1.76. The Morgan fingerprint density at radius 1 is 1.32 bits per heavy atom. The number of amides is 2. The molecule has 2 rings (SSSR count). The molecule has 1 atom stereocenters. The van der Waals surface area contributed by atoms with Crippen LogP contribution in [0.2, 0.25) is 5.02 Å². The molecule has 0 aliphatic heterocycles. The van der Waals surface area contributed by atoms with Crippen LogP contribution < -0.4 is 15.4 Å². The third kappa shape index (κ3) is 4.91. The molecule has 3 N–H and O–H groups in total. The molecule has 0 bridgehead atoms. The molecule has 2 aromatic rings. The van der Waals surface area contributed by atoms with Crippen LogP contribution in [0.4, 0.5) is 10.5 Å². The summed E-state index contributed by atoms with van der Waals surface area (Å²) >= 11 is 7.28. The predicted octanol–water partition coefficient (Wildman–Crippen LogP) is 3.14. The highest BCUT2D eigenvalue weighted by atomic mass is 35.5. The number of carbonyl (C=O) groups is 1. The number of anilines is 1. The van der Waals surface area contributed by atoms with E-state index in [0.29, 0.717) is 17.1 Å². The van der Waals surface area contributed by atoms with Crippen LogP contribution in [0.1, 0.15) is 4.88 Å². The van der Waals surface area contributed by atoms with E-state index in [1.165, 1.54) is 11.3 Å². The molecule has 1 aromatic carbocycles. The number of aliphatic hydroxyl groups excluding tert-OH is 1. The number of nitrogens with one attached hydrogen (secondary N) is 2. The second-order valence-electron chi connectivity index (χ2n) is 4.61. The number of aliphatic hydroxyl groups is 1. The molecule has 5 nitrogen and oxygen atoms in total. The highest BCUT2D eigenvalue weighted by Crippen LogP contribution is 2.24. The molecular formula is C15H17ClN2O3S. The van der Waals surface area contributed by atoms with Gasteiger partial charge in [-0.05, 0) is 36.4 Å². The minimum Gasteiger partial charge on any atom is -0.487 e. The maximum absolute atomic E-state index is 11.9. The number of benzene rings is 1. The van der Waals surface area contributed by atoms with E-state index in [2.05, 4.69) is 10.6 Å². The molecule has 7 heteroatoms. The van der Waals surface area contributed by atoms with E-state index < -0.39 is 0 Å². The van der Waals surface area contributed by atoms with Gasteiger partial charge in [-0.25, -0.2) is 4.79 Å². The van der Waals surface area contributed by atoms with Gasteiger partial charge < -0.3 is 20.5 Å². The topological polar surface area (TPSA) is 70.6 Å². The lowest BCUT2D eigenvalue weighted by Crippen LogP contribution is -2.41. The summed E-state index contributed by atoms with van der Waals surface area (Å²) in [6, 6.07) is 9.85.